The molecule has 1 saturated heterocycles. The molecule has 1 aromatic carbocycles. The summed E-state index contributed by atoms with van der Waals surface area (Å²) in [4.78, 5) is 16.4. The van der Waals surface area contributed by atoms with E-state index in [2.05, 4.69) is 10.3 Å². The summed E-state index contributed by atoms with van der Waals surface area (Å²) < 4.78 is 6.19. The van der Waals surface area contributed by atoms with E-state index in [4.69, 9.17) is 9.84 Å². The number of aromatic nitrogens is 1. The highest BCUT2D eigenvalue weighted by atomic mass is 32.1. The number of nitrogens with zero attached hydrogens (tertiary/aromatic N) is 1. The summed E-state index contributed by atoms with van der Waals surface area (Å²) in [5, 5.41) is 22.0. The molecular formula is C14H16N2O4S. The number of benzene rings is 1. The Morgan fingerprint density at radius 2 is 2.38 bits per heavy atom. The molecular weight excluding hydrogens is 292 g/mol. The highest BCUT2D eigenvalue weighted by molar-refractivity contribution is 7.16. The van der Waals surface area contributed by atoms with E-state index in [0.717, 1.165) is 10.2 Å². The fraction of sp³-hybridized carbons (Fsp3) is 0.429. The normalized spacial score (nSPS) is 25.9. The molecule has 6 nitrogen and oxygen atoms in total. The van der Waals surface area contributed by atoms with Crippen LogP contribution in [0.2, 0.25) is 0 Å². The van der Waals surface area contributed by atoms with Gasteiger partial charge in [0.25, 0.3) is 5.91 Å². The molecule has 2 heterocycles. The molecule has 1 aliphatic heterocycles. The van der Waals surface area contributed by atoms with Gasteiger partial charge in [-0.15, -0.1) is 11.3 Å². The molecule has 0 unspecified atom stereocenters. The second kappa shape index (κ2) is 6.07. The van der Waals surface area contributed by atoms with Crippen LogP contribution in [0.4, 0.5) is 0 Å². The summed E-state index contributed by atoms with van der Waals surface area (Å²) in [6.45, 7) is 0.140. The van der Waals surface area contributed by atoms with Crippen molar-refractivity contribution in [1.82, 2.24) is 10.3 Å². The SMILES string of the molecule is O=C(N[C@H]1CCO[C@H](CO)[C@H]1O)c1ccc2ncsc2c1. The number of thiazole rings is 1. The van der Waals surface area contributed by atoms with E-state index in [0.29, 0.717) is 18.6 Å². The van der Waals surface area contributed by atoms with E-state index in [-0.39, 0.29) is 12.5 Å². The molecule has 2 aromatic rings. The molecule has 3 N–H and O–H groups in total. The van der Waals surface area contributed by atoms with Crippen LogP contribution in [0.3, 0.4) is 0 Å². The zero-order chi connectivity index (χ0) is 14.8. The molecule has 0 saturated carbocycles. The number of ether oxygens (including phenoxy) is 1. The lowest BCUT2D eigenvalue weighted by molar-refractivity contribution is -0.107. The predicted molar refractivity (Wildman–Crippen MR) is 78.3 cm³/mol. The van der Waals surface area contributed by atoms with Crippen LogP contribution in [0.25, 0.3) is 10.2 Å². The Hall–Kier alpha value is -1.54. The van der Waals surface area contributed by atoms with E-state index >= 15 is 0 Å². The highest BCUT2D eigenvalue weighted by Gasteiger charge is 2.33. The highest BCUT2D eigenvalue weighted by Crippen LogP contribution is 2.20. The average molecular weight is 308 g/mol. The van der Waals surface area contributed by atoms with Crippen molar-refractivity contribution in [3.05, 3.63) is 29.3 Å². The van der Waals surface area contributed by atoms with Gasteiger partial charge in [0.15, 0.2) is 0 Å². The first-order valence-electron chi connectivity index (χ1n) is 6.73. The molecule has 1 fully saturated rings. The van der Waals surface area contributed by atoms with Crippen LogP contribution >= 0.6 is 11.3 Å². The predicted octanol–water partition coefficient (Wildman–Crippen LogP) is 0.537. The maximum atomic E-state index is 12.3. The Morgan fingerprint density at radius 1 is 1.52 bits per heavy atom. The summed E-state index contributed by atoms with van der Waals surface area (Å²) in [5.41, 5.74) is 3.13. The lowest BCUT2D eigenvalue weighted by Gasteiger charge is -2.34. The van der Waals surface area contributed by atoms with E-state index in [1.54, 1.807) is 23.7 Å². The first-order valence-corrected chi connectivity index (χ1v) is 7.61. The van der Waals surface area contributed by atoms with Crippen molar-refractivity contribution in [2.45, 2.75) is 24.7 Å². The Kier molecular flexibility index (Phi) is 4.16. The van der Waals surface area contributed by atoms with Gasteiger partial charge in [-0.05, 0) is 24.6 Å². The number of hydrogen-bond acceptors (Lipinski definition) is 6. The molecule has 3 rings (SSSR count). The third-order valence-corrected chi connectivity index (χ3v) is 4.44. The zero-order valence-corrected chi connectivity index (χ0v) is 12.0. The van der Waals surface area contributed by atoms with Gasteiger partial charge in [-0.1, -0.05) is 0 Å². The maximum absolute atomic E-state index is 12.3. The number of rotatable bonds is 3. The van der Waals surface area contributed by atoms with Gasteiger partial charge in [0, 0.05) is 12.2 Å². The summed E-state index contributed by atoms with van der Waals surface area (Å²) in [5.74, 6) is -0.243. The third kappa shape index (κ3) is 2.91. The van der Waals surface area contributed by atoms with Crippen LogP contribution in [-0.4, -0.2) is 52.6 Å². The second-order valence-electron chi connectivity index (χ2n) is 4.99. The van der Waals surface area contributed by atoms with Gasteiger partial charge in [-0.2, -0.15) is 0 Å². The van der Waals surface area contributed by atoms with Crippen molar-refractivity contribution in [1.29, 1.82) is 0 Å². The van der Waals surface area contributed by atoms with Crippen molar-refractivity contribution in [3.8, 4) is 0 Å². The molecule has 112 valence electrons. The van der Waals surface area contributed by atoms with Gasteiger partial charge in [-0.3, -0.25) is 4.79 Å². The summed E-state index contributed by atoms with van der Waals surface area (Å²) in [7, 11) is 0. The minimum absolute atomic E-state index is 0.243. The number of carbonyl (C=O) groups excluding carboxylic acids is 1. The Bertz CT molecular complexity index is 645. The fourth-order valence-electron chi connectivity index (χ4n) is 2.44. The molecule has 3 atom stereocenters. The molecule has 1 aliphatic rings. The first-order chi connectivity index (χ1) is 10.2. The maximum Gasteiger partial charge on any atom is 0.251 e. The average Bonchev–Trinajstić information content (AvgIpc) is 2.96. The topological polar surface area (TPSA) is 91.7 Å². The second-order valence-corrected chi connectivity index (χ2v) is 5.87. The number of amides is 1. The largest absolute Gasteiger partial charge is 0.394 e. The van der Waals surface area contributed by atoms with Crippen molar-refractivity contribution in [2.75, 3.05) is 13.2 Å². The van der Waals surface area contributed by atoms with Gasteiger partial charge in [0.05, 0.1) is 28.4 Å². The van der Waals surface area contributed by atoms with Gasteiger partial charge in [-0.25, -0.2) is 4.98 Å². The number of aliphatic hydroxyl groups is 2. The standard InChI is InChI=1S/C14H16N2O4S/c17-6-11-13(18)10(3-4-20-11)16-14(19)8-1-2-9-12(5-8)21-7-15-9/h1-2,5,7,10-11,13,17-18H,3-4,6H2,(H,16,19)/t10-,11+,13-/m0/s1. The first kappa shape index (κ1) is 14.4. The molecule has 0 spiro atoms. The molecule has 0 radical (unpaired) electrons. The Balaban J connectivity index is 1.73. The van der Waals surface area contributed by atoms with E-state index in [1.165, 1.54) is 11.3 Å². The molecule has 0 bridgehead atoms. The van der Waals surface area contributed by atoms with Gasteiger partial charge >= 0.3 is 0 Å². The van der Waals surface area contributed by atoms with Gasteiger partial charge in [0.1, 0.15) is 12.2 Å². The zero-order valence-electron chi connectivity index (χ0n) is 11.2. The van der Waals surface area contributed by atoms with Crippen molar-refractivity contribution >= 4 is 27.5 Å². The molecule has 1 aromatic heterocycles. The van der Waals surface area contributed by atoms with Crippen LogP contribution in [0.15, 0.2) is 23.7 Å². The number of carbonyl (C=O) groups is 1. The quantitative estimate of drug-likeness (QED) is 0.769. The lowest BCUT2D eigenvalue weighted by atomic mass is 9.99. The van der Waals surface area contributed by atoms with Crippen LogP contribution in [0.1, 0.15) is 16.8 Å². The molecule has 21 heavy (non-hydrogen) atoms. The van der Waals surface area contributed by atoms with Crippen molar-refractivity contribution in [2.24, 2.45) is 0 Å². The fourth-order valence-corrected chi connectivity index (χ4v) is 3.16. The minimum atomic E-state index is -0.903. The minimum Gasteiger partial charge on any atom is -0.394 e. The smallest absolute Gasteiger partial charge is 0.251 e. The monoisotopic (exact) mass is 308 g/mol. The number of nitrogens with one attached hydrogen (secondary N) is 1. The number of hydrogen-bond donors (Lipinski definition) is 3. The summed E-state index contributed by atoms with van der Waals surface area (Å²) in [6.07, 6.45) is -1.03. The van der Waals surface area contributed by atoms with Crippen LogP contribution in [0.5, 0.6) is 0 Å². The van der Waals surface area contributed by atoms with Crippen LogP contribution in [0, 0.1) is 0 Å². The number of fused-ring (bicyclic) bond motifs is 1. The van der Waals surface area contributed by atoms with Crippen LogP contribution < -0.4 is 5.32 Å². The number of aliphatic hydroxyl groups excluding tert-OH is 2. The van der Waals surface area contributed by atoms with E-state index in [9.17, 15) is 9.90 Å². The van der Waals surface area contributed by atoms with E-state index < -0.39 is 18.2 Å². The summed E-state index contributed by atoms with van der Waals surface area (Å²) >= 11 is 1.48. The van der Waals surface area contributed by atoms with Crippen molar-refractivity contribution in [3.63, 3.8) is 0 Å². The molecule has 7 heteroatoms. The molecule has 0 aliphatic carbocycles. The lowest BCUT2D eigenvalue weighted by Crippen LogP contribution is -2.54. The van der Waals surface area contributed by atoms with Crippen molar-refractivity contribution < 1.29 is 19.7 Å². The van der Waals surface area contributed by atoms with Gasteiger partial charge < -0.3 is 20.3 Å². The van der Waals surface area contributed by atoms with E-state index in [1.807, 2.05) is 0 Å². The Labute approximate surface area is 125 Å². The summed E-state index contributed by atoms with van der Waals surface area (Å²) in [6, 6.07) is 4.89. The third-order valence-electron chi connectivity index (χ3n) is 3.64. The molecule has 1 amide bonds. The van der Waals surface area contributed by atoms with Gasteiger partial charge in [0.2, 0.25) is 0 Å². The van der Waals surface area contributed by atoms with Crippen LogP contribution in [-0.2, 0) is 4.74 Å². The Morgan fingerprint density at radius 3 is 3.19 bits per heavy atom.